The van der Waals surface area contributed by atoms with Crippen molar-refractivity contribution in [3.63, 3.8) is 0 Å². The van der Waals surface area contributed by atoms with E-state index < -0.39 is 0 Å². The highest BCUT2D eigenvalue weighted by Crippen LogP contribution is 2.23. The molecule has 2 aromatic rings. The number of aryl methyl sites for hydroxylation is 1. The van der Waals surface area contributed by atoms with Crippen LogP contribution in [0.1, 0.15) is 28.2 Å². The fraction of sp³-hybridized carbons (Fsp3) is 0.267. The molecule has 3 rings (SSSR count). The molecular weight excluding hydrogens is 268 g/mol. The van der Waals surface area contributed by atoms with E-state index in [0.717, 1.165) is 17.1 Å². The van der Waals surface area contributed by atoms with Crippen molar-refractivity contribution >= 4 is 17.5 Å². The van der Waals surface area contributed by atoms with Crippen molar-refractivity contribution in [2.24, 2.45) is 0 Å². The monoisotopic (exact) mass is 284 g/mol. The van der Waals surface area contributed by atoms with Crippen molar-refractivity contribution < 1.29 is 9.59 Å². The second kappa shape index (κ2) is 5.78. The number of aromatic amines is 1. The normalized spacial score (nSPS) is 13.4. The molecule has 0 fully saturated rings. The van der Waals surface area contributed by atoms with Gasteiger partial charge in [0.05, 0.1) is 0 Å². The molecule has 2 amide bonds. The minimum Gasteiger partial charge on any atom is -0.352 e. The van der Waals surface area contributed by atoms with Crippen molar-refractivity contribution in [1.29, 1.82) is 0 Å². The zero-order chi connectivity index (χ0) is 14.7. The molecule has 108 valence electrons. The van der Waals surface area contributed by atoms with E-state index in [1.165, 1.54) is 0 Å². The van der Waals surface area contributed by atoms with Gasteiger partial charge in [-0.2, -0.15) is 0 Å². The molecule has 0 radical (unpaired) electrons. The number of anilines is 1. The van der Waals surface area contributed by atoms with Crippen LogP contribution in [0.3, 0.4) is 0 Å². The van der Waals surface area contributed by atoms with Crippen LogP contribution >= 0.6 is 0 Å². The quantitative estimate of drug-likeness (QED) is 0.790. The first-order chi connectivity index (χ1) is 10.2. The Kier molecular flexibility index (Phi) is 3.68. The van der Waals surface area contributed by atoms with Crippen LogP contribution in [0.15, 0.2) is 30.6 Å². The summed E-state index contributed by atoms with van der Waals surface area (Å²) in [6.07, 6.45) is 5.26. The Hall–Kier alpha value is -2.63. The number of imidazole rings is 1. The Morgan fingerprint density at radius 3 is 3.05 bits per heavy atom. The van der Waals surface area contributed by atoms with E-state index in [-0.39, 0.29) is 11.8 Å². The zero-order valence-electron chi connectivity index (χ0n) is 11.5. The minimum atomic E-state index is -0.110. The number of carbonyl (C=O) groups is 2. The number of hydrogen-bond donors (Lipinski definition) is 3. The van der Waals surface area contributed by atoms with Gasteiger partial charge in [0.1, 0.15) is 5.82 Å². The number of carbonyl (C=O) groups excluding carboxylic acids is 2. The maximum absolute atomic E-state index is 12.1. The molecule has 0 saturated heterocycles. The lowest BCUT2D eigenvalue weighted by atomic mass is 10.00. The Balaban J connectivity index is 1.61. The first kappa shape index (κ1) is 13.4. The van der Waals surface area contributed by atoms with E-state index in [1.54, 1.807) is 24.5 Å². The van der Waals surface area contributed by atoms with E-state index in [4.69, 9.17) is 0 Å². The van der Waals surface area contributed by atoms with E-state index in [9.17, 15) is 9.59 Å². The molecule has 0 spiro atoms. The molecule has 6 heteroatoms. The molecule has 0 atom stereocenters. The third-order valence-electron chi connectivity index (χ3n) is 3.47. The summed E-state index contributed by atoms with van der Waals surface area (Å²) in [5.74, 6) is 0.767. The predicted octanol–water partition coefficient (Wildman–Crippen LogP) is 1.27. The minimum absolute atomic E-state index is 0.0261. The van der Waals surface area contributed by atoms with Crippen LogP contribution in [0.5, 0.6) is 0 Å². The van der Waals surface area contributed by atoms with Gasteiger partial charge in [0, 0.05) is 43.0 Å². The summed E-state index contributed by atoms with van der Waals surface area (Å²) in [7, 11) is 0. The van der Waals surface area contributed by atoms with Gasteiger partial charge in [0.2, 0.25) is 5.91 Å². The van der Waals surface area contributed by atoms with Crippen LogP contribution in [0.25, 0.3) is 0 Å². The van der Waals surface area contributed by atoms with Crippen LogP contribution in [-0.2, 0) is 17.6 Å². The van der Waals surface area contributed by atoms with Crippen LogP contribution in [0.2, 0.25) is 0 Å². The molecule has 1 aliphatic rings. The summed E-state index contributed by atoms with van der Waals surface area (Å²) in [6.45, 7) is 0.528. The predicted molar refractivity (Wildman–Crippen MR) is 78.0 cm³/mol. The maximum atomic E-state index is 12.1. The summed E-state index contributed by atoms with van der Waals surface area (Å²) in [4.78, 5) is 30.5. The molecule has 0 bridgehead atoms. The zero-order valence-corrected chi connectivity index (χ0v) is 11.5. The molecule has 1 aromatic heterocycles. The number of nitrogens with one attached hydrogen (secondary N) is 3. The Morgan fingerprint density at radius 1 is 1.33 bits per heavy atom. The average molecular weight is 284 g/mol. The number of rotatable bonds is 4. The Morgan fingerprint density at radius 2 is 2.24 bits per heavy atom. The fourth-order valence-electron chi connectivity index (χ4n) is 2.36. The Labute approximate surface area is 122 Å². The average Bonchev–Trinajstić information content (AvgIpc) is 3.00. The molecule has 6 nitrogen and oxygen atoms in total. The van der Waals surface area contributed by atoms with Crippen LogP contribution in [-0.4, -0.2) is 28.3 Å². The summed E-state index contributed by atoms with van der Waals surface area (Å²) < 4.78 is 0. The van der Waals surface area contributed by atoms with Crippen molar-refractivity contribution in [3.8, 4) is 0 Å². The molecule has 2 heterocycles. The third-order valence-corrected chi connectivity index (χ3v) is 3.47. The first-order valence-electron chi connectivity index (χ1n) is 6.91. The molecule has 21 heavy (non-hydrogen) atoms. The summed E-state index contributed by atoms with van der Waals surface area (Å²) in [6, 6.07) is 5.36. The largest absolute Gasteiger partial charge is 0.352 e. The van der Waals surface area contributed by atoms with Crippen LogP contribution in [0, 0.1) is 0 Å². The Bertz CT molecular complexity index is 664. The van der Waals surface area contributed by atoms with E-state index in [1.807, 2.05) is 6.07 Å². The van der Waals surface area contributed by atoms with Crippen molar-refractivity contribution in [2.75, 3.05) is 11.9 Å². The molecule has 1 aliphatic heterocycles. The third kappa shape index (κ3) is 3.10. The van der Waals surface area contributed by atoms with E-state index in [2.05, 4.69) is 20.6 Å². The lowest BCUT2D eigenvalue weighted by Gasteiger charge is -2.17. The number of aromatic nitrogens is 2. The fourth-order valence-corrected chi connectivity index (χ4v) is 2.36. The smallest absolute Gasteiger partial charge is 0.251 e. The second-order valence-corrected chi connectivity index (χ2v) is 4.96. The molecular formula is C15H16N4O2. The number of nitrogens with zero attached hydrogens (tertiary/aromatic N) is 1. The van der Waals surface area contributed by atoms with Gasteiger partial charge < -0.3 is 15.6 Å². The topological polar surface area (TPSA) is 86.9 Å². The highest BCUT2D eigenvalue weighted by molar-refractivity contribution is 5.97. The first-order valence-corrected chi connectivity index (χ1v) is 6.91. The summed E-state index contributed by atoms with van der Waals surface area (Å²) in [5, 5.41) is 5.67. The van der Waals surface area contributed by atoms with Crippen LogP contribution < -0.4 is 10.6 Å². The highest BCUT2D eigenvalue weighted by atomic mass is 16.2. The lowest BCUT2D eigenvalue weighted by Crippen LogP contribution is -2.26. The number of H-pyrrole nitrogens is 1. The number of benzene rings is 1. The van der Waals surface area contributed by atoms with E-state index >= 15 is 0 Å². The number of hydrogen-bond acceptors (Lipinski definition) is 3. The van der Waals surface area contributed by atoms with Gasteiger partial charge in [-0.15, -0.1) is 0 Å². The summed E-state index contributed by atoms with van der Waals surface area (Å²) >= 11 is 0. The standard InChI is InChI=1S/C15H16N4O2/c20-14-4-2-10-9-11(1-3-12(10)19-14)15(21)18-6-5-13-16-7-8-17-13/h1,3,7-9H,2,4-6H2,(H,16,17)(H,18,21)(H,19,20). The number of amides is 2. The second-order valence-electron chi connectivity index (χ2n) is 4.96. The molecule has 0 saturated carbocycles. The molecule has 0 unspecified atom stereocenters. The van der Waals surface area contributed by atoms with Gasteiger partial charge >= 0.3 is 0 Å². The SMILES string of the molecule is O=C1CCc2cc(C(=O)NCCc3ncc[nH]3)ccc2N1. The number of fused-ring (bicyclic) bond motifs is 1. The maximum Gasteiger partial charge on any atom is 0.251 e. The lowest BCUT2D eigenvalue weighted by molar-refractivity contribution is -0.116. The van der Waals surface area contributed by atoms with Gasteiger partial charge in [-0.25, -0.2) is 4.98 Å². The molecule has 1 aromatic carbocycles. The molecule has 3 N–H and O–H groups in total. The van der Waals surface area contributed by atoms with Crippen LogP contribution in [0.4, 0.5) is 5.69 Å². The van der Waals surface area contributed by atoms with Gasteiger partial charge in [-0.05, 0) is 30.2 Å². The van der Waals surface area contributed by atoms with Gasteiger partial charge in [0.25, 0.3) is 5.91 Å². The highest BCUT2D eigenvalue weighted by Gasteiger charge is 2.16. The van der Waals surface area contributed by atoms with Gasteiger partial charge in [0.15, 0.2) is 0 Å². The molecule has 0 aliphatic carbocycles. The van der Waals surface area contributed by atoms with Gasteiger partial charge in [-0.1, -0.05) is 0 Å². The van der Waals surface area contributed by atoms with Crippen molar-refractivity contribution in [2.45, 2.75) is 19.3 Å². The van der Waals surface area contributed by atoms with Crippen molar-refractivity contribution in [1.82, 2.24) is 15.3 Å². The summed E-state index contributed by atoms with van der Waals surface area (Å²) in [5.41, 5.74) is 2.43. The van der Waals surface area contributed by atoms with Crippen molar-refractivity contribution in [3.05, 3.63) is 47.5 Å². The van der Waals surface area contributed by atoms with Gasteiger partial charge in [-0.3, -0.25) is 9.59 Å². The van der Waals surface area contributed by atoms with E-state index in [0.29, 0.717) is 31.4 Å².